The van der Waals surface area contributed by atoms with Crippen molar-refractivity contribution in [2.24, 2.45) is 0 Å². The maximum absolute atomic E-state index is 10.5. The van der Waals surface area contributed by atoms with Gasteiger partial charge in [-0.2, -0.15) is 0 Å². The van der Waals surface area contributed by atoms with E-state index < -0.39 is 0 Å². The Labute approximate surface area is 71.6 Å². The Hall–Kier alpha value is -1.15. The third-order valence-electron chi connectivity index (χ3n) is 2.25. The van der Waals surface area contributed by atoms with Gasteiger partial charge in [-0.1, -0.05) is 12.1 Å². The lowest BCUT2D eigenvalue weighted by Crippen LogP contribution is -2.23. The van der Waals surface area contributed by atoms with Gasteiger partial charge < -0.3 is 5.32 Å². The molecule has 0 aromatic heterocycles. The number of hydrogen-bond acceptors (Lipinski definition) is 2. The molecule has 0 fully saturated rings. The van der Waals surface area contributed by atoms with Crippen LogP contribution in [-0.4, -0.2) is 12.8 Å². The maximum atomic E-state index is 10.5. The van der Waals surface area contributed by atoms with Crippen LogP contribution in [0.15, 0.2) is 18.2 Å². The fourth-order valence-corrected chi connectivity index (χ4v) is 1.57. The molecule has 1 aromatic rings. The molecule has 1 heterocycles. The van der Waals surface area contributed by atoms with Crippen LogP contribution in [0.4, 0.5) is 0 Å². The Morgan fingerprint density at radius 3 is 3.08 bits per heavy atom. The lowest BCUT2D eigenvalue weighted by Gasteiger charge is -2.16. The maximum Gasteiger partial charge on any atom is 0.150 e. The smallest absolute Gasteiger partial charge is 0.150 e. The van der Waals surface area contributed by atoms with Crippen molar-refractivity contribution in [2.75, 3.05) is 6.54 Å². The summed E-state index contributed by atoms with van der Waals surface area (Å²) in [5.74, 6) is 0. The highest BCUT2D eigenvalue weighted by molar-refractivity contribution is 5.75. The predicted molar refractivity (Wildman–Crippen MR) is 47.2 cm³/mol. The molecule has 0 spiro atoms. The van der Waals surface area contributed by atoms with Gasteiger partial charge in [-0.15, -0.1) is 0 Å². The predicted octanol–water partition coefficient (Wildman–Crippen LogP) is 1.14. The molecule has 1 aromatic carbocycles. The van der Waals surface area contributed by atoms with Gasteiger partial charge in [-0.05, 0) is 30.2 Å². The number of aldehydes is 1. The van der Waals surface area contributed by atoms with Crippen LogP contribution in [-0.2, 0) is 13.0 Å². The normalized spacial score (nSPS) is 15.3. The summed E-state index contributed by atoms with van der Waals surface area (Å²) < 4.78 is 0. The van der Waals surface area contributed by atoms with Crippen LogP contribution < -0.4 is 5.32 Å². The van der Waals surface area contributed by atoms with E-state index >= 15 is 0 Å². The first-order chi connectivity index (χ1) is 5.90. The van der Waals surface area contributed by atoms with Crippen LogP contribution in [0.25, 0.3) is 0 Å². The summed E-state index contributed by atoms with van der Waals surface area (Å²) in [5, 5.41) is 3.29. The Balaban J connectivity index is 2.42. The standard InChI is InChI=1S/C10H11NO/c12-7-8-1-2-10-6-11-4-3-9(10)5-8/h1-2,5,7,11H,3-4,6H2. The third kappa shape index (κ3) is 1.25. The lowest BCUT2D eigenvalue weighted by molar-refractivity contribution is 0.112. The zero-order valence-corrected chi connectivity index (χ0v) is 6.84. The van der Waals surface area contributed by atoms with Gasteiger partial charge in [-0.3, -0.25) is 4.79 Å². The second kappa shape index (κ2) is 3.07. The second-order valence-electron chi connectivity index (χ2n) is 3.07. The van der Waals surface area contributed by atoms with E-state index in [1.54, 1.807) is 0 Å². The first-order valence-corrected chi connectivity index (χ1v) is 4.18. The molecule has 62 valence electrons. The van der Waals surface area contributed by atoms with Crippen LogP contribution in [0.5, 0.6) is 0 Å². The van der Waals surface area contributed by atoms with Gasteiger partial charge >= 0.3 is 0 Å². The van der Waals surface area contributed by atoms with Gasteiger partial charge in [0.25, 0.3) is 0 Å². The fraction of sp³-hybridized carbons (Fsp3) is 0.300. The quantitative estimate of drug-likeness (QED) is 0.626. The minimum atomic E-state index is 0.788. The fourth-order valence-electron chi connectivity index (χ4n) is 1.57. The highest BCUT2D eigenvalue weighted by Crippen LogP contribution is 2.14. The molecule has 0 radical (unpaired) electrons. The molecule has 12 heavy (non-hydrogen) atoms. The van der Waals surface area contributed by atoms with Crippen LogP contribution >= 0.6 is 0 Å². The molecule has 2 rings (SSSR count). The van der Waals surface area contributed by atoms with Crippen molar-refractivity contribution in [3.63, 3.8) is 0 Å². The van der Waals surface area contributed by atoms with E-state index in [1.807, 2.05) is 18.2 Å². The van der Waals surface area contributed by atoms with Crippen molar-refractivity contribution in [1.82, 2.24) is 5.32 Å². The molecular formula is C10H11NO. The SMILES string of the molecule is O=Cc1ccc2c(c1)CCNC2. The average molecular weight is 161 g/mol. The summed E-state index contributed by atoms with van der Waals surface area (Å²) in [7, 11) is 0. The topological polar surface area (TPSA) is 29.1 Å². The van der Waals surface area contributed by atoms with Crippen molar-refractivity contribution in [1.29, 1.82) is 0 Å². The number of carbonyl (C=O) groups is 1. The first-order valence-electron chi connectivity index (χ1n) is 4.18. The summed E-state index contributed by atoms with van der Waals surface area (Å²) in [4.78, 5) is 10.5. The molecule has 0 bridgehead atoms. The van der Waals surface area contributed by atoms with Crippen LogP contribution in [0.1, 0.15) is 21.5 Å². The van der Waals surface area contributed by atoms with Crippen molar-refractivity contribution in [3.05, 3.63) is 34.9 Å². The van der Waals surface area contributed by atoms with Gasteiger partial charge in [0.05, 0.1) is 0 Å². The molecule has 0 saturated heterocycles. The van der Waals surface area contributed by atoms with E-state index in [0.717, 1.165) is 31.4 Å². The van der Waals surface area contributed by atoms with Crippen LogP contribution in [0, 0.1) is 0 Å². The summed E-state index contributed by atoms with van der Waals surface area (Å²) in [6.45, 7) is 1.96. The van der Waals surface area contributed by atoms with E-state index in [4.69, 9.17) is 0 Å². The minimum absolute atomic E-state index is 0.788. The Morgan fingerprint density at radius 2 is 2.25 bits per heavy atom. The van der Waals surface area contributed by atoms with E-state index in [1.165, 1.54) is 11.1 Å². The van der Waals surface area contributed by atoms with Crippen molar-refractivity contribution >= 4 is 6.29 Å². The molecule has 1 N–H and O–H groups in total. The molecule has 2 nitrogen and oxygen atoms in total. The lowest BCUT2D eigenvalue weighted by atomic mass is 9.99. The van der Waals surface area contributed by atoms with Gasteiger partial charge in [0, 0.05) is 12.1 Å². The highest BCUT2D eigenvalue weighted by atomic mass is 16.1. The number of nitrogens with one attached hydrogen (secondary N) is 1. The Bertz CT molecular complexity index is 307. The molecule has 0 saturated carbocycles. The van der Waals surface area contributed by atoms with Crippen molar-refractivity contribution < 1.29 is 4.79 Å². The highest BCUT2D eigenvalue weighted by Gasteiger charge is 2.07. The van der Waals surface area contributed by atoms with Gasteiger partial charge in [0.2, 0.25) is 0 Å². The van der Waals surface area contributed by atoms with Gasteiger partial charge in [0.1, 0.15) is 6.29 Å². The van der Waals surface area contributed by atoms with Gasteiger partial charge in [0.15, 0.2) is 0 Å². The monoisotopic (exact) mass is 161 g/mol. The largest absolute Gasteiger partial charge is 0.312 e. The molecule has 0 aliphatic carbocycles. The number of benzene rings is 1. The zero-order chi connectivity index (χ0) is 8.39. The molecule has 2 heteroatoms. The summed E-state index contributed by atoms with van der Waals surface area (Å²) in [6.07, 6.45) is 1.94. The minimum Gasteiger partial charge on any atom is -0.312 e. The zero-order valence-electron chi connectivity index (χ0n) is 6.84. The molecule has 1 aliphatic heterocycles. The summed E-state index contributed by atoms with van der Waals surface area (Å²) in [5.41, 5.74) is 3.43. The Kier molecular flexibility index (Phi) is 1.92. The third-order valence-corrected chi connectivity index (χ3v) is 2.25. The van der Waals surface area contributed by atoms with E-state index in [2.05, 4.69) is 5.32 Å². The number of rotatable bonds is 1. The van der Waals surface area contributed by atoms with Crippen molar-refractivity contribution in [2.45, 2.75) is 13.0 Å². The molecule has 0 amide bonds. The van der Waals surface area contributed by atoms with Crippen LogP contribution in [0.2, 0.25) is 0 Å². The number of carbonyl (C=O) groups excluding carboxylic acids is 1. The number of fused-ring (bicyclic) bond motifs is 1. The van der Waals surface area contributed by atoms with E-state index in [0.29, 0.717) is 0 Å². The molecule has 0 unspecified atom stereocenters. The van der Waals surface area contributed by atoms with E-state index in [9.17, 15) is 4.79 Å². The first kappa shape index (κ1) is 7.50. The molecular weight excluding hydrogens is 150 g/mol. The summed E-state index contributed by atoms with van der Waals surface area (Å²) in [6, 6.07) is 5.90. The summed E-state index contributed by atoms with van der Waals surface area (Å²) >= 11 is 0. The van der Waals surface area contributed by atoms with Gasteiger partial charge in [-0.25, -0.2) is 0 Å². The van der Waals surface area contributed by atoms with Crippen LogP contribution in [0.3, 0.4) is 0 Å². The number of hydrogen-bond donors (Lipinski definition) is 1. The molecule has 0 atom stereocenters. The van der Waals surface area contributed by atoms with Crippen molar-refractivity contribution in [3.8, 4) is 0 Å². The Morgan fingerprint density at radius 1 is 1.33 bits per heavy atom. The second-order valence-corrected chi connectivity index (χ2v) is 3.07. The molecule has 1 aliphatic rings. The van der Waals surface area contributed by atoms with E-state index in [-0.39, 0.29) is 0 Å². The average Bonchev–Trinajstić information content (AvgIpc) is 2.17.